The van der Waals surface area contributed by atoms with E-state index in [1.807, 2.05) is 30.3 Å². The van der Waals surface area contributed by atoms with Gasteiger partial charge in [-0.3, -0.25) is 5.41 Å². The Kier molecular flexibility index (Phi) is 4.91. The highest BCUT2D eigenvalue weighted by Gasteiger charge is 2.07. The van der Waals surface area contributed by atoms with Gasteiger partial charge in [-0.1, -0.05) is 54.6 Å². The van der Waals surface area contributed by atoms with E-state index < -0.39 is 0 Å². The van der Waals surface area contributed by atoms with Crippen LogP contribution in [0.1, 0.15) is 16.7 Å². The molecule has 3 heteroatoms. The number of amidine groups is 1. The number of benzene rings is 2. The SMILES string of the molecule is CN(CCc1ccccc1)Cc1ccccc1C(=N)N. The summed E-state index contributed by atoms with van der Waals surface area (Å²) in [5, 5.41) is 7.62. The van der Waals surface area contributed by atoms with Crippen molar-refractivity contribution in [1.29, 1.82) is 5.41 Å². The molecule has 20 heavy (non-hydrogen) atoms. The maximum Gasteiger partial charge on any atom is 0.123 e. The van der Waals surface area contributed by atoms with Crippen LogP contribution in [-0.2, 0) is 13.0 Å². The molecule has 2 rings (SSSR count). The first kappa shape index (κ1) is 14.3. The number of nitrogen functional groups attached to an aromatic ring is 1. The van der Waals surface area contributed by atoms with Crippen molar-refractivity contribution >= 4 is 5.84 Å². The first-order valence-corrected chi connectivity index (χ1v) is 6.81. The van der Waals surface area contributed by atoms with Crippen molar-refractivity contribution in [2.24, 2.45) is 5.73 Å². The molecular formula is C17H21N3. The molecule has 0 heterocycles. The van der Waals surface area contributed by atoms with Crippen LogP contribution in [0.5, 0.6) is 0 Å². The summed E-state index contributed by atoms with van der Waals surface area (Å²) in [5.41, 5.74) is 8.91. The average molecular weight is 267 g/mol. The summed E-state index contributed by atoms with van der Waals surface area (Å²) < 4.78 is 0. The Hall–Kier alpha value is -2.13. The van der Waals surface area contributed by atoms with Crippen LogP contribution in [-0.4, -0.2) is 24.3 Å². The monoisotopic (exact) mass is 267 g/mol. The van der Waals surface area contributed by atoms with Gasteiger partial charge in [-0.15, -0.1) is 0 Å². The molecule has 0 aliphatic rings. The molecule has 0 saturated carbocycles. The van der Waals surface area contributed by atoms with Crippen molar-refractivity contribution in [2.45, 2.75) is 13.0 Å². The molecule has 2 aromatic rings. The third-order valence-corrected chi connectivity index (χ3v) is 3.37. The Morgan fingerprint density at radius 1 is 1.05 bits per heavy atom. The quantitative estimate of drug-likeness (QED) is 0.624. The van der Waals surface area contributed by atoms with E-state index in [-0.39, 0.29) is 5.84 Å². The molecule has 0 spiro atoms. The van der Waals surface area contributed by atoms with E-state index in [1.165, 1.54) is 5.56 Å². The molecule has 0 aliphatic carbocycles. The molecule has 0 fully saturated rings. The van der Waals surface area contributed by atoms with Gasteiger partial charge < -0.3 is 10.6 Å². The molecule has 2 aromatic carbocycles. The molecule has 0 amide bonds. The van der Waals surface area contributed by atoms with Crippen LogP contribution in [0.25, 0.3) is 0 Å². The van der Waals surface area contributed by atoms with Crippen molar-refractivity contribution in [1.82, 2.24) is 4.90 Å². The third kappa shape index (κ3) is 3.93. The number of hydrogen-bond acceptors (Lipinski definition) is 2. The first-order valence-electron chi connectivity index (χ1n) is 6.81. The number of likely N-dealkylation sites (N-methyl/N-ethyl adjacent to an activating group) is 1. The van der Waals surface area contributed by atoms with Crippen LogP contribution in [0.15, 0.2) is 54.6 Å². The Balaban J connectivity index is 1.95. The Bertz CT molecular complexity index is 563. The van der Waals surface area contributed by atoms with Gasteiger partial charge in [0.25, 0.3) is 0 Å². The largest absolute Gasteiger partial charge is 0.384 e. The van der Waals surface area contributed by atoms with Gasteiger partial charge in [0.1, 0.15) is 5.84 Å². The summed E-state index contributed by atoms with van der Waals surface area (Å²) in [5.74, 6) is 0.136. The van der Waals surface area contributed by atoms with Crippen molar-refractivity contribution in [3.63, 3.8) is 0 Å². The maximum absolute atomic E-state index is 7.62. The minimum Gasteiger partial charge on any atom is -0.384 e. The Labute approximate surface area is 120 Å². The van der Waals surface area contributed by atoms with Crippen LogP contribution in [0.3, 0.4) is 0 Å². The van der Waals surface area contributed by atoms with Gasteiger partial charge in [0, 0.05) is 18.7 Å². The molecule has 0 saturated heterocycles. The van der Waals surface area contributed by atoms with E-state index in [0.717, 1.165) is 30.6 Å². The van der Waals surface area contributed by atoms with E-state index in [4.69, 9.17) is 11.1 Å². The van der Waals surface area contributed by atoms with Crippen LogP contribution in [0.2, 0.25) is 0 Å². The summed E-state index contributed by atoms with van der Waals surface area (Å²) >= 11 is 0. The lowest BCUT2D eigenvalue weighted by Gasteiger charge is -2.18. The lowest BCUT2D eigenvalue weighted by atomic mass is 10.1. The minimum atomic E-state index is 0.136. The van der Waals surface area contributed by atoms with Gasteiger partial charge >= 0.3 is 0 Å². The van der Waals surface area contributed by atoms with Crippen molar-refractivity contribution in [3.05, 3.63) is 71.3 Å². The summed E-state index contributed by atoms with van der Waals surface area (Å²) in [7, 11) is 2.10. The van der Waals surface area contributed by atoms with Gasteiger partial charge in [-0.2, -0.15) is 0 Å². The Morgan fingerprint density at radius 2 is 1.70 bits per heavy atom. The highest BCUT2D eigenvalue weighted by Crippen LogP contribution is 2.11. The predicted molar refractivity (Wildman–Crippen MR) is 83.9 cm³/mol. The Morgan fingerprint density at radius 3 is 2.40 bits per heavy atom. The van der Waals surface area contributed by atoms with Gasteiger partial charge in [-0.05, 0) is 24.6 Å². The number of hydrogen-bond donors (Lipinski definition) is 2. The van der Waals surface area contributed by atoms with Crippen LogP contribution >= 0.6 is 0 Å². The van der Waals surface area contributed by atoms with Gasteiger partial charge in [-0.25, -0.2) is 0 Å². The van der Waals surface area contributed by atoms with Gasteiger partial charge in [0.15, 0.2) is 0 Å². The maximum atomic E-state index is 7.62. The van der Waals surface area contributed by atoms with Crippen molar-refractivity contribution < 1.29 is 0 Å². The number of nitrogens with two attached hydrogens (primary N) is 1. The summed E-state index contributed by atoms with van der Waals surface area (Å²) in [4.78, 5) is 2.26. The summed E-state index contributed by atoms with van der Waals surface area (Å²) in [6.07, 6.45) is 1.03. The van der Waals surface area contributed by atoms with Gasteiger partial charge in [0.2, 0.25) is 0 Å². The van der Waals surface area contributed by atoms with E-state index >= 15 is 0 Å². The number of rotatable bonds is 6. The average Bonchev–Trinajstić information content (AvgIpc) is 2.46. The standard InChI is InChI=1S/C17H21N3/c1-20(12-11-14-7-3-2-4-8-14)13-15-9-5-6-10-16(15)17(18)19/h2-10H,11-13H2,1H3,(H3,18,19). The van der Waals surface area contributed by atoms with Crippen molar-refractivity contribution in [2.75, 3.05) is 13.6 Å². The molecule has 3 nitrogen and oxygen atoms in total. The number of nitrogens with one attached hydrogen (secondary N) is 1. The zero-order valence-corrected chi connectivity index (χ0v) is 11.8. The second kappa shape index (κ2) is 6.87. The zero-order valence-electron chi connectivity index (χ0n) is 11.8. The van der Waals surface area contributed by atoms with Gasteiger partial charge in [0.05, 0.1) is 0 Å². The van der Waals surface area contributed by atoms with Crippen molar-refractivity contribution in [3.8, 4) is 0 Å². The molecule has 0 aliphatic heterocycles. The van der Waals surface area contributed by atoms with E-state index in [2.05, 4.69) is 36.2 Å². The topological polar surface area (TPSA) is 53.1 Å². The van der Waals surface area contributed by atoms with E-state index in [0.29, 0.717) is 0 Å². The lowest BCUT2D eigenvalue weighted by Crippen LogP contribution is -2.23. The highest BCUT2D eigenvalue weighted by molar-refractivity contribution is 5.96. The van der Waals surface area contributed by atoms with Crippen LogP contribution in [0.4, 0.5) is 0 Å². The second-order valence-corrected chi connectivity index (χ2v) is 5.04. The molecule has 104 valence electrons. The zero-order chi connectivity index (χ0) is 14.4. The summed E-state index contributed by atoms with van der Waals surface area (Å²) in [6.45, 7) is 1.79. The second-order valence-electron chi connectivity index (χ2n) is 5.04. The molecule has 0 radical (unpaired) electrons. The smallest absolute Gasteiger partial charge is 0.123 e. The minimum absolute atomic E-state index is 0.136. The van der Waals surface area contributed by atoms with E-state index in [9.17, 15) is 0 Å². The summed E-state index contributed by atoms with van der Waals surface area (Å²) in [6, 6.07) is 18.3. The molecular weight excluding hydrogens is 246 g/mol. The van der Waals surface area contributed by atoms with Crippen LogP contribution in [0, 0.1) is 5.41 Å². The molecule has 3 N–H and O–H groups in total. The predicted octanol–water partition coefficient (Wildman–Crippen LogP) is 2.65. The molecule has 0 atom stereocenters. The molecule has 0 bridgehead atoms. The third-order valence-electron chi connectivity index (χ3n) is 3.37. The lowest BCUT2D eigenvalue weighted by molar-refractivity contribution is 0.331. The van der Waals surface area contributed by atoms with Crippen LogP contribution < -0.4 is 5.73 Å². The highest BCUT2D eigenvalue weighted by atomic mass is 15.1. The fourth-order valence-corrected chi connectivity index (χ4v) is 2.26. The molecule has 0 aromatic heterocycles. The normalized spacial score (nSPS) is 10.7. The fourth-order valence-electron chi connectivity index (χ4n) is 2.26. The fraction of sp³-hybridized carbons (Fsp3) is 0.235. The van der Waals surface area contributed by atoms with E-state index in [1.54, 1.807) is 0 Å². The molecule has 0 unspecified atom stereocenters. The first-order chi connectivity index (χ1) is 9.66. The number of nitrogens with zero attached hydrogens (tertiary/aromatic N) is 1.